The number of nitrogens with one attached hydrogen (secondary N) is 1. The average Bonchev–Trinajstić information content (AvgIpc) is 2.74. The van der Waals surface area contributed by atoms with E-state index in [-0.39, 0.29) is 0 Å². The van der Waals surface area contributed by atoms with Crippen molar-refractivity contribution in [3.8, 4) is 5.75 Å². The van der Waals surface area contributed by atoms with E-state index >= 15 is 0 Å². The van der Waals surface area contributed by atoms with Crippen LogP contribution in [-0.4, -0.2) is 20.2 Å². The fourth-order valence-corrected chi connectivity index (χ4v) is 2.12. The highest BCUT2D eigenvalue weighted by Gasteiger charge is 2.11. The third kappa shape index (κ3) is 2.64. The first-order valence-electron chi connectivity index (χ1n) is 5.85. The summed E-state index contributed by atoms with van der Waals surface area (Å²) in [4.78, 5) is 0. The van der Waals surface area contributed by atoms with Gasteiger partial charge in [-0.25, -0.2) is 0 Å². The van der Waals surface area contributed by atoms with Gasteiger partial charge in [-0.2, -0.15) is 0 Å². The lowest BCUT2D eigenvalue weighted by molar-refractivity contribution is 0.349. The van der Waals surface area contributed by atoms with Gasteiger partial charge < -0.3 is 10.1 Å². The van der Waals surface area contributed by atoms with Crippen LogP contribution in [0.5, 0.6) is 5.75 Å². The highest BCUT2D eigenvalue weighted by Crippen LogP contribution is 2.26. The molecule has 1 aliphatic rings. The van der Waals surface area contributed by atoms with Gasteiger partial charge in [-0.15, -0.1) is 0 Å². The van der Waals surface area contributed by atoms with E-state index in [2.05, 4.69) is 30.1 Å². The molecule has 1 aromatic rings. The van der Waals surface area contributed by atoms with E-state index in [1.165, 1.54) is 30.4 Å². The first-order valence-corrected chi connectivity index (χ1v) is 5.85. The van der Waals surface area contributed by atoms with Crippen molar-refractivity contribution in [3.05, 3.63) is 41.5 Å². The Bertz CT molecular complexity index is 384. The Hall–Kier alpha value is -1.28. The molecule has 0 spiro atoms. The lowest BCUT2D eigenvalue weighted by Crippen LogP contribution is -2.14. The number of fused-ring (bicyclic) bond motifs is 1. The van der Waals surface area contributed by atoms with Crippen molar-refractivity contribution in [3.63, 3.8) is 0 Å². The Morgan fingerprint density at radius 2 is 2.19 bits per heavy atom. The maximum Gasteiger partial charge on any atom is 0.120 e. The average molecular weight is 217 g/mol. The molecule has 0 amide bonds. The third-order valence-electron chi connectivity index (χ3n) is 2.94. The Kier molecular flexibility index (Phi) is 3.62. The number of hydrogen-bond donors (Lipinski definition) is 1. The Labute approximate surface area is 97.3 Å². The first-order chi connectivity index (χ1) is 7.79. The molecule has 0 saturated carbocycles. The molecule has 0 radical (unpaired) electrons. The van der Waals surface area contributed by atoms with Crippen LogP contribution in [0.4, 0.5) is 0 Å². The zero-order valence-electron chi connectivity index (χ0n) is 9.88. The van der Waals surface area contributed by atoms with Crippen molar-refractivity contribution < 1.29 is 4.74 Å². The molecule has 1 aliphatic carbocycles. The molecule has 0 bridgehead atoms. The monoisotopic (exact) mass is 217 g/mol. The highest BCUT2D eigenvalue weighted by atomic mass is 16.5. The summed E-state index contributed by atoms with van der Waals surface area (Å²) >= 11 is 0. The SMILES string of the molecule is C=C(CNC)COc1ccc2c(c1)CCC2. The molecule has 0 fully saturated rings. The number of likely N-dealkylation sites (N-methyl/N-ethyl adjacent to an activating group) is 1. The van der Waals surface area contributed by atoms with Gasteiger partial charge in [-0.05, 0) is 55.1 Å². The number of ether oxygens (including phenoxy) is 1. The van der Waals surface area contributed by atoms with Gasteiger partial charge in [0.15, 0.2) is 0 Å². The Balaban J connectivity index is 1.93. The molecule has 2 rings (SSSR count). The molecule has 0 aromatic heterocycles. The molecular weight excluding hydrogens is 198 g/mol. The second-order valence-electron chi connectivity index (χ2n) is 4.35. The summed E-state index contributed by atoms with van der Waals surface area (Å²) < 4.78 is 5.71. The van der Waals surface area contributed by atoms with Gasteiger partial charge in [0.2, 0.25) is 0 Å². The minimum atomic E-state index is 0.597. The predicted molar refractivity (Wildman–Crippen MR) is 67.0 cm³/mol. The van der Waals surface area contributed by atoms with Crippen molar-refractivity contribution in [2.45, 2.75) is 19.3 Å². The van der Waals surface area contributed by atoms with E-state index in [0.29, 0.717) is 6.61 Å². The fourth-order valence-electron chi connectivity index (χ4n) is 2.12. The summed E-state index contributed by atoms with van der Waals surface area (Å²) in [6.07, 6.45) is 3.71. The molecule has 2 nitrogen and oxygen atoms in total. The quantitative estimate of drug-likeness (QED) is 0.764. The van der Waals surface area contributed by atoms with Crippen LogP contribution in [-0.2, 0) is 12.8 Å². The lowest BCUT2D eigenvalue weighted by Gasteiger charge is -2.09. The van der Waals surface area contributed by atoms with Gasteiger partial charge in [0, 0.05) is 6.54 Å². The van der Waals surface area contributed by atoms with Crippen LogP contribution in [0.1, 0.15) is 17.5 Å². The normalized spacial score (nSPS) is 13.6. The van der Waals surface area contributed by atoms with Crippen LogP contribution in [0, 0.1) is 0 Å². The molecule has 2 heteroatoms. The van der Waals surface area contributed by atoms with Crippen LogP contribution in [0.15, 0.2) is 30.4 Å². The van der Waals surface area contributed by atoms with Gasteiger partial charge in [-0.3, -0.25) is 0 Å². The molecule has 1 N–H and O–H groups in total. The predicted octanol–water partition coefficient (Wildman–Crippen LogP) is 2.33. The number of hydrogen-bond acceptors (Lipinski definition) is 2. The fraction of sp³-hybridized carbons (Fsp3) is 0.429. The van der Waals surface area contributed by atoms with Crippen LogP contribution in [0.25, 0.3) is 0 Å². The first kappa shape index (κ1) is 11.2. The zero-order valence-corrected chi connectivity index (χ0v) is 9.88. The number of benzene rings is 1. The molecule has 0 unspecified atom stereocenters. The van der Waals surface area contributed by atoms with Crippen molar-refractivity contribution in [1.82, 2.24) is 5.32 Å². The molecular formula is C14H19NO. The lowest BCUT2D eigenvalue weighted by atomic mass is 10.1. The van der Waals surface area contributed by atoms with Crippen molar-refractivity contribution >= 4 is 0 Å². The maximum atomic E-state index is 5.71. The van der Waals surface area contributed by atoms with E-state index in [1.54, 1.807) is 0 Å². The smallest absolute Gasteiger partial charge is 0.120 e. The van der Waals surface area contributed by atoms with Crippen LogP contribution in [0.2, 0.25) is 0 Å². The summed E-state index contributed by atoms with van der Waals surface area (Å²) in [5.74, 6) is 0.970. The molecule has 86 valence electrons. The molecule has 0 atom stereocenters. The van der Waals surface area contributed by atoms with Crippen LogP contribution < -0.4 is 10.1 Å². The van der Waals surface area contributed by atoms with Gasteiger partial charge in [0.25, 0.3) is 0 Å². The summed E-state index contributed by atoms with van der Waals surface area (Å²) in [5, 5.41) is 3.07. The van der Waals surface area contributed by atoms with Crippen molar-refractivity contribution in [1.29, 1.82) is 0 Å². The number of rotatable bonds is 5. The minimum Gasteiger partial charge on any atom is -0.489 e. The molecule has 0 aliphatic heterocycles. The highest BCUT2D eigenvalue weighted by molar-refractivity contribution is 5.38. The molecule has 0 saturated heterocycles. The summed E-state index contributed by atoms with van der Waals surface area (Å²) in [5.41, 5.74) is 4.01. The summed E-state index contributed by atoms with van der Waals surface area (Å²) in [6.45, 7) is 5.35. The second-order valence-corrected chi connectivity index (χ2v) is 4.35. The van der Waals surface area contributed by atoms with E-state index in [9.17, 15) is 0 Å². The largest absolute Gasteiger partial charge is 0.489 e. The topological polar surface area (TPSA) is 21.3 Å². The summed E-state index contributed by atoms with van der Waals surface area (Å²) in [6, 6.07) is 6.43. The number of aryl methyl sites for hydroxylation is 2. The van der Waals surface area contributed by atoms with Crippen LogP contribution >= 0.6 is 0 Å². The van der Waals surface area contributed by atoms with E-state index < -0.39 is 0 Å². The van der Waals surface area contributed by atoms with Crippen molar-refractivity contribution in [2.75, 3.05) is 20.2 Å². The second kappa shape index (κ2) is 5.17. The zero-order chi connectivity index (χ0) is 11.4. The van der Waals surface area contributed by atoms with Crippen molar-refractivity contribution in [2.24, 2.45) is 0 Å². The summed E-state index contributed by atoms with van der Waals surface area (Å²) in [7, 11) is 1.92. The Morgan fingerprint density at radius 1 is 1.38 bits per heavy atom. The molecule has 1 aromatic carbocycles. The van der Waals surface area contributed by atoms with Crippen LogP contribution in [0.3, 0.4) is 0 Å². The molecule has 0 heterocycles. The minimum absolute atomic E-state index is 0.597. The van der Waals surface area contributed by atoms with Gasteiger partial charge in [-0.1, -0.05) is 12.6 Å². The maximum absolute atomic E-state index is 5.71. The van der Waals surface area contributed by atoms with E-state index in [4.69, 9.17) is 4.74 Å². The molecule has 16 heavy (non-hydrogen) atoms. The Morgan fingerprint density at radius 3 is 3.00 bits per heavy atom. The van der Waals surface area contributed by atoms with E-state index in [1.807, 2.05) is 7.05 Å². The van der Waals surface area contributed by atoms with Gasteiger partial charge in [0.05, 0.1) is 0 Å². The third-order valence-corrected chi connectivity index (χ3v) is 2.94. The van der Waals surface area contributed by atoms with Gasteiger partial charge in [0.1, 0.15) is 12.4 Å². The van der Waals surface area contributed by atoms with Gasteiger partial charge >= 0.3 is 0 Å². The van der Waals surface area contributed by atoms with E-state index in [0.717, 1.165) is 17.9 Å². The standard InChI is InChI=1S/C14H19NO/c1-11(9-15-2)10-16-14-7-6-12-4-3-5-13(12)8-14/h6-8,15H,1,3-5,9-10H2,2H3.